The third-order valence-electron chi connectivity index (χ3n) is 3.89. The highest BCUT2D eigenvalue weighted by atomic mass is 16.5. The number of esters is 1. The van der Waals surface area contributed by atoms with E-state index in [4.69, 9.17) is 4.74 Å². The second kappa shape index (κ2) is 6.37. The lowest BCUT2D eigenvalue weighted by atomic mass is 9.96. The van der Waals surface area contributed by atoms with Gasteiger partial charge in [-0.1, -0.05) is 35.4 Å². The maximum atomic E-state index is 12.5. The molecule has 2 rings (SSSR count). The molecule has 0 saturated carbocycles. The summed E-state index contributed by atoms with van der Waals surface area (Å²) in [5.41, 5.74) is 5.88. The third-order valence-corrected chi connectivity index (χ3v) is 3.89. The zero-order valence-electron chi connectivity index (χ0n) is 14.5. The van der Waals surface area contributed by atoms with E-state index < -0.39 is 11.8 Å². The Balaban J connectivity index is 2.34. The third kappa shape index (κ3) is 3.50. The first-order chi connectivity index (χ1) is 10.7. The minimum atomic E-state index is -0.838. The molecule has 3 nitrogen and oxygen atoms in total. The van der Waals surface area contributed by atoms with Crippen molar-refractivity contribution in [1.82, 2.24) is 0 Å². The number of benzene rings is 2. The summed E-state index contributed by atoms with van der Waals surface area (Å²) >= 11 is 0. The van der Waals surface area contributed by atoms with Gasteiger partial charge in [0.05, 0.1) is 0 Å². The first-order valence-electron chi connectivity index (χ1n) is 7.63. The highest BCUT2D eigenvalue weighted by molar-refractivity contribution is 6.41. The van der Waals surface area contributed by atoms with Gasteiger partial charge in [-0.15, -0.1) is 0 Å². The Labute approximate surface area is 137 Å². The molecule has 0 bridgehead atoms. The van der Waals surface area contributed by atoms with Crippen molar-refractivity contribution in [2.75, 3.05) is 0 Å². The normalized spacial score (nSPS) is 10.5. The summed E-state index contributed by atoms with van der Waals surface area (Å²) in [7, 11) is 0. The largest absolute Gasteiger partial charge is 0.420 e. The fourth-order valence-corrected chi connectivity index (χ4v) is 3.11. The average Bonchev–Trinajstić information content (AvgIpc) is 2.41. The average molecular weight is 310 g/mol. The monoisotopic (exact) mass is 310 g/mol. The molecule has 0 heterocycles. The molecule has 3 heteroatoms. The van der Waals surface area contributed by atoms with Crippen molar-refractivity contribution in [3.63, 3.8) is 0 Å². The predicted molar refractivity (Wildman–Crippen MR) is 91.3 cm³/mol. The van der Waals surface area contributed by atoms with Gasteiger partial charge < -0.3 is 4.74 Å². The van der Waals surface area contributed by atoms with Crippen molar-refractivity contribution < 1.29 is 14.3 Å². The number of hydrogen-bond acceptors (Lipinski definition) is 3. The molecule has 0 atom stereocenters. The van der Waals surface area contributed by atoms with Gasteiger partial charge in [0, 0.05) is 5.56 Å². The summed E-state index contributed by atoms with van der Waals surface area (Å²) < 4.78 is 5.40. The van der Waals surface area contributed by atoms with E-state index in [9.17, 15) is 9.59 Å². The van der Waals surface area contributed by atoms with Gasteiger partial charge in [0.2, 0.25) is 0 Å². The Morgan fingerprint density at radius 3 is 1.52 bits per heavy atom. The van der Waals surface area contributed by atoms with E-state index in [2.05, 4.69) is 0 Å². The predicted octanol–water partition coefficient (Wildman–Crippen LogP) is 4.33. The van der Waals surface area contributed by atoms with E-state index in [1.165, 1.54) is 0 Å². The van der Waals surface area contributed by atoms with Crippen LogP contribution in [0.15, 0.2) is 24.3 Å². The second-order valence-electron chi connectivity index (χ2n) is 6.22. The quantitative estimate of drug-likeness (QED) is 0.367. The standard InChI is InChI=1S/C20H22O3/c1-11-7-13(3)17(14(4)8-11)18(21)20(22)23-19-15(5)9-12(2)10-16(19)6/h7-10H,1-6H3. The maximum absolute atomic E-state index is 12.5. The van der Waals surface area contributed by atoms with Gasteiger partial charge in [-0.25, -0.2) is 4.79 Å². The zero-order chi connectivity index (χ0) is 17.3. The Kier molecular flexibility index (Phi) is 4.69. The molecule has 2 aromatic rings. The van der Waals surface area contributed by atoms with Crippen LogP contribution in [0.3, 0.4) is 0 Å². The first kappa shape index (κ1) is 16.9. The van der Waals surface area contributed by atoms with Crippen LogP contribution in [-0.2, 0) is 4.79 Å². The Morgan fingerprint density at radius 2 is 1.09 bits per heavy atom. The maximum Gasteiger partial charge on any atom is 0.385 e. The van der Waals surface area contributed by atoms with E-state index >= 15 is 0 Å². The topological polar surface area (TPSA) is 43.4 Å². The molecular weight excluding hydrogens is 288 g/mol. The molecule has 0 aliphatic rings. The van der Waals surface area contributed by atoms with Crippen LogP contribution in [0.25, 0.3) is 0 Å². The fraction of sp³-hybridized carbons (Fsp3) is 0.300. The molecular formula is C20H22O3. The van der Waals surface area contributed by atoms with Gasteiger partial charge in [-0.3, -0.25) is 4.79 Å². The van der Waals surface area contributed by atoms with Crippen molar-refractivity contribution in [2.45, 2.75) is 41.5 Å². The molecule has 0 fully saturated rings. The van der Waals surface area contributed by atoms with Gasteiger partial charge in [0.1, 0.15) is 5.75 Å². The summed E-state index contributed by atoms with van der Waals surface area (Å²) in [4.78, 5) is 24.8. The van der Waals surface area contributed by atoms with Crippen molar-refractivity contribution >= 4 is 11.8 Å². The van der Waals surface area contributed by atoms with Gasteiger partial charge in [0.25, 0.3) is 5.78 Å². The highest BCUT2D eigenvalue weighted by Crippen LogP contribution is 2.25. The number of carbonyl (C=O) groups excluding carboxylic acids is 2. The van der Waals surface area contributed by atoms with Gasteiger partial charge in [-0.05, 0) is 63.8 Å². The SMILES string of the molecule is Cc1cc(C)c(OC(=O)C(=O)c2c(C)cc(C)cc2C)c(C)c1. The molecule has 0 aromatic heterocycles. The van der Waals surface area contributed by atoms with Crippen LogP contribution in [-0.4, -0.2) is 11.8 Å². The molecule has 0 aliphatic carbocycles. The van der Waals surface area contributed by atoms with Gasteiger partial charge in [0.15, 0.2) is 0 Å². The summed E-state index contributed by atoms with van der Waals surface area (Å²) in [5, 5.41) is 0. The van der Waals surface area contributed by atoms with Crippen molar-refractivity contribution in [3.8, 4) is 5.75 Å². The summed E-state index contributed by atoms with van der Waals surface area (Å²) in [6.45, 7) is 11.4. The molecule has 0 saturated heterocycles. The molecule has 120 valence electrons. The number of carbonyl (C=O) groups is 2. The molecule has 0 N–H and O–H groups in total. The lowest BCUT2D eigenvalue weighted by Gasteiger charge is -2.13. The van der Waals surface area contributed by atoms with E-state index in [1.54, 1.807) is 0 Å². The van der Waals surface area contributed by atoms with Gasteiger partial charge >= 0.3 is 5.97 Å². The van der Waals surface area contributed by atoms with E-state index in [-0.39, 0.29) is 0 Å². The Morgan fingerprint density at radius 1 is 0.696 bits per heavy atom. The van der Waals surface area contributed by atoms with E-state index in [0.717, 1.165) is 33.4 Å². The number of aryl methyl sites for hydroxylation is 6. The van der Waals surface area contributed by atoms with Crippen LogP contribution in [0.5, 0.6) is 5.75 Å². The summed E-state index contributed by atoms with van der Waals surface area (Å²) in [6, 6.07) is 7.66. The van der Waals surface area contributed by atoms with Crippen molar-refractivity contribution in [3.05, 3.63) is 63.2 Å². The van der Waals surface area contributed by atoms with Crippen molar-refractivity contribution in [1.29, 1.82) is 0 Å². The second-order valence-corrected chi connectivity index (χ2v) is 6.22. The van der Waals surface area contributed by atoms with Crippen molar-refractivity contribution in [2.24, 2.45) is 0 Å². The zero-order valence-corrected chi connectivity index (χ0v) is 14.5. The molecule has 0 radical (unpaired) electrons. The minimum absolute atomic E-state index is 0.433. The smallest absolute Gasteiger partial charge is 0.385 e. The number of ether oxygens (including phenoxy) is 1. The number of ketones is 1. The molecule has 0 unspecified atom stereocenters. The van der Waals surface area contributed by atoms with Crippen LogP contribution in [0.1, 0.15) is 43.7 Å². The van der Waals surface area contributed by atoms with E-state index in [0.29, 0.717) is 11.3 Å². The molecule has 0 amide bonds. The highest BCUT2D eigenvalue weighted by Gasteiger charge is 2.24. The number of hydrogen-bond donors (Lipinski definition) is 0. The van der Waals surface area contributed by atoms with E-state index in [1.807, 2.05) is 65.8 Å². The fourth-order valence-electron chi connectivity index (χ4n) is 3.11. The molecule has 0 spiro atoms. The summed E-state index contributed by atoms with van der Waals surface area (Å²) in [5.74, 6) is -0.967. The van der Waals surface area contributed by atoms with Crippen LogP contribution in [0.4, 0.5) is 0 Å². The lowest BCUT2D eigenvalue weighted by molar-refractivity contribution is -0.129. The summed E-state index contributed by atoms with van der Waals surface area (Å²) in [6.07, 6.45) is 0. The lowest BCUT2D eigenvalue weighted by Crippen LogP contribution is -2.23. The Bertz CT molecular complexity index is 755. The number of rotatable bonds is 3. The molecule has 2 aromatic carbocycles. The molecule has 23 heavy (non-hydrogen) atoms. The van der Waals surface area contributed by atoms with Crippen LogP contribution >= 0.6 is 0 Å². The minimum Gasteiger partial charge on any atom is -0.420 e. The van der Waals surface area contributed by atoms with Gasteiger partial charge in [-0.2, -0.15) is 0 Å². The van der Waals surface area contributed by atoms with Crippen LogP contribution < -0.4 is 4.74 Å². The molecule has 0 aliphatic heterocycles. The number of Topliss-reactive ketones (excluding diaryl/α,β-unsaturated/α-hetero) is 1. The first-order valence-corrected chi connectivity index (χ1v) is 7.63. The van der Waals surface area contributed by atoms with Crippen LogP contribution in [0.2, 0.25) is 0 Å². The Hall–Kier alpha value is -2.42. The van der Waals surface area contributed by atoms with Crippen LogP contribution in [0, 0.1) is 41.5 Å².